The summed E-state index contributed by atoms with van der Waals surface area (Å²) in [5, 5.41) is 15.3. The predicted octanol–water partition coefficient (Wildman–Crippen LogP) is 1.36. The molecule has 3 rings (SSSR count). The first-order chi connectivity index (χ1) is 13.0. The van der Waals surface area contributed by atoms with Gasteiger partial charge in [-0.25, -0.2) is 4.79 Å². The van der Waals surface area contributed by atoms with Gasteiger partial charge in [-0.05, 0) is 30.0 Å². The smallest absolute Gasteiger partial charge is 0.344 e. The molecule has 0 fully saturated rings. The van der Waals surface area contributed by atoms with E-state index in [1.165, 1.54) is 6.07 Å². The molecule has 0 saturated heterocycles. The summed E-state index contributed by atoms with van der Waals surface area (Å²) >= 11 is 0. The summed E-state index contributed by atoms with van der Waals surface area (Å²) in [4.78, 5) is 35.0. The molecule has 1 aromatic heterocycles. The number of benzene rings is 2. The molecule has 3 aromatic rings. The first-order valence-electron chi connectivity index (χ1n) is 8.58. The SMILES string of the molecule is CCC[C@@H](NC(=O)COc1ccc2c(c1)oc(=O)c1ccccc12)C(=O)[O-]. The number of nitrogens with one attached hydrogen (secondary N) is 1. The number of hydrogen-bond acceptors (Lipinski definition) is 6. The van der Waals surface area contributed by atoms with E-state index >= 15 is 0 Å². The van der Waals surface area contributed by atoms with E-state index in [9.17, 15) is 19.5 Å². The highest BCUT2D eigenvalue weighted by Gasteiger charge is 2.13. The normalized spacial score (nSPS) is 12.0. The van der Waals surface area contributed by atoms with Crippen LogP contribution in [0.25, 0.3) is 21.7 Å². The summed E-state index contributed by atoms with van der Waals surface area (Å²) in [6, 6.07) is 11.0. The Morgan fingerprint density at radius 1 is 1.15 bits per heavy atom. The topological polar surface area (TPSA) is 109 Å². The molecule has 140 valence electrons. The number of carbonyl (C=O) groups excluding carboxylic acids is 2. The van der Waals surface area contributed by atoms with E-state index in [1.807, 2.05) is 19.1 Å². The predicted molar refractivity (Wildman–Crippen MR) is 97.3 cm³/mol. The van der Waals surface area contributed by atoms with Gasteiger partial charge in [-0.3, -0.25) is 4.79 Å². The molecule has 2 aromatic carbocycles. The Labute approximate surface area is 154 Å². The average Bonchev–Trinajstić information content (AvgIpc) is 2.66. The third kappa shape index (κ3) is 4.08. The lowest BCUT2D eigenvalue weighted by atomic mass is 10.1. The first kappa shape index (κ1) is 18.4. The zero-order valence-corrected chi connectivity index (χ0v) is 14.7. The molecule has 1 N–H and O–H groups in total. The van der Waals surface area contributed by atoms with Crippen molar-refractivity contribution in [3.05, 3.63) is 52.9 Å². The minimum absolute atomic E-state index is 0.280. The second-order valence-electron chi connectivity index (χ2n) is 6.11. The van der Waals surface area contributed by atoms with E-state index in [-0.39, 0.29) is 13.0 Å². The Balaban J connectivity index is 1.76. The van der Waals surface area contributed by atoms with Gasteiger partial charge < -0.3 is 24.4 Å². The van der Waals surface area contributed by atoms with E-state index in [4.69, 9.17) is 9.15 Å². The van der Waals surface area contributed by atoms with Crippen LogP contribution in [0.2, 0.25) is 0 Å². The Bertz CT molecular complexity index is 1060. The monoisotopic (exact) mass is 368 g/mol. The Morgan fingerprint density at radius 3 is 2.59 bits per heavy atom. The lowest BCUT2D eigenvalue weighted by molar-refractivity contribution is -0.308. The van der Waals surface area contributed by atoms with Crippen LogP contribution < -0.4 is 20.8 Å². The maximum absolute atomic E-state index is 12.1. The van der Waals surface area contributed by atoms with Crippen molar-refractivity contribution in [1.82, 2.24) is 5.32 Å². The molecular formula is C20H18NO6-. The highest BCUT2D eigenvalue weighted by molar-refractivity contribution is 6.04. The van der Waals surface area contributed by atoms with E-state index in [2.05, 4.69) is 5.32 Å². The van der Waals surface area contributed by atoms with Crippen LogP contribution in [0.3, 0.4) is 0 Å². The van der Waals surface area contributed by atoms with Gasteiger partial charge in [0, 0.05) is 11.5 Å². The number of rotatable bonds is 7. The van der Waals surface area contributed by atoms with Crippen molar-refractivity contribution in [2.45, 2.75) is 25.8 Å². The fourth-order valence-electron chi connectivity index (χ4n) is 2.87. The third-order valence-corrected chi connectivity index (χ3v) is 4.16. The molecule has 0 bridgehead atoms. The molecule has 7 heteroatoms. The van der Waals surface area contributed by atoms with Gasteiger partial charge in [0.05, 0.1) is 17.4 Å². The van der Waals surface area contributed by atoms with Crippen LogP contribution in [0.1, 0.15) is 19.8 Å². The number of fused-ring (bicyclic) bond motifs is 3. The molecule has 1 atom stereocenters. The molecule has 1 heterocycles. The third-order valence-electron chi connectivity index (χ3n) is 4.16. The number of ether oxygens (including phenoxy) is 1. The van der Waals surface area contributed by atoms with Crippen molar-refractivity contribution in [3.8, 4) is 5.75 Å². The summed E-state index contributed by atoms with van der Waals surface area (Å²) in [7, 11) is 0. The van der Waals surface area contributed by atoms with Crippen molar-refractivity contribution < 1.29 is 23.8 Å². The summed E-state index contributed by atoms with van der Waals surface area (Å²) in [6.07, 6.45) is 0.875. The van der Waals surface area contributed by atoms with Gasteiger partial charge in [0.15, 0.2) is 6.61 Å². The van der Waals surface area contributed by atoms with Crippen molar-refractivity contribution >= 4 is 33.6 Å². The van der Waals surface area contributed by atoms with Crippen LogP contribution in [0, 0.1) is 0 Å². The van der Waals surface area contributed by atoms with E-state index < -0.39 is 23.5 Å². The fourth-order valence-corrected chi connectivity index (χ4v) is 2.87. The molecular weight excluding hydrogens is 350 g/mol. The number of aliphatic carboxylic acids is 1. The molecule has 0 unspecified atom stereocenters. The quantitative estimate of drug-likeness (QED) is 0.498. The molecule has 0 aliphatic carbocycles. The minimum atomic E-state index is -1.33. The summed E-state index contributed by atoms with van der Waals surface area (Å²) in [6.45, 7) is 1.45. The summed E-state index contributed by atoms with van der Waals surface area (Å²) in [5.74, 6) is -1.57. The fraction of sp³-hybridized carbons (Fsp3) is 0.250. The van der Waals surface area contributed by atoms with Crippen molar-refractivity contribution in [1.29, 1.82) is 0 Å². The second kappa shape index (κ2) is 7.90. The maximum Gasteiger partial charge on any atom is 0.344 e. The van der Waals surface area contributed by atoms with Crippen molar-refractivity contribution in [2.24, 2.45) is 0 Å². The first-order valence-corrected chi connectivity index (χ1v) is 8.58. The van der Waals surface area contributed by atoms with Gasteiger partial charge >= 0.3 is 5.63 Å². The molecule has 0 aliphatic rings. The number of carboxylic acids is 1. The van der Waals surface area contributed by atoms with Gasteiger partial charge in [-0.2, -0.15) is 0 Å². The van der Waals surface area contributed by atoms with E-state index in [0.717, 1.165) is 10.8 Å². The van der Waals surface area contributed by atoms with Crippen LogP contribution in [-0.2, 0) is 9.59 Å². The van der Waals surface area contributed by atoms with Crippen molar-refractivity contribution in [2.75, 3.05) is 6.61 Å². The van der Waals surface area contributed by atoms with Gasteiger partial charge in [0.25, 0.3) is 5.91 Å². The lowest BCUT2D eigenvalue weighted by Gasteiger charge is -2.19. The summed E-state index contributed by atoms with van der Waals surface area (Å²) in [5.41, 5.74) is -0.112. The number of amides is 1. The second-order valence-corrected chi connectivity index (χ2v) is 6.11. The van der Waals surface area contributed by atoms with Gasteiger partial charge in [-0.1, -0.05) is 31.5 Å². The van der Waals surface area contributed by atoms with Crippen LogP contribution in [0.4, 0.5) is 0 Å². The van der Waals surface area contributed by atoms with Gasteiger partial charge in [0.2, 0.25) is 0 Å². The van der Waals surface area contributed by atoms with Gasteiger partial charge in [0.1, 0.15) is 11.3 Å². The van der Waals surface area contributed by atoms with Crippen LogP contribution in [0.5, 0.6) is 5.75 Å². The van der Waals surface area contributed by atoms with Gasteiger partial charge in [-0.15, -0.1) is 0 Å². The highest BCUT2D eigenvalue weighted by Crippen LogP contribution is 2.26. The minimum Gasteiger partial charge on any atom is -0.548 e. The molecule has 0 saturated carbocycles. The molecule has 1 amide bonds. The van der Waals surface area contributed by atoms with E-state index in [0.29, 0.717) is 23.1 Å². The van der Waals surface area contributed by atoms with Crippen LogP contribution in [-0.4, -0.2) is 24.5 Å². The number of carbonyl (C=O) groups is 2. The zero-order valence-electron chi connectivity index (χ0n) is 14.7. The Kier molecular flexibility index (Phi) is 5.40. The Hall–Kier alpha value is -3.35. The van der Waals surface area contributed by atoms with Crippen molar-refractivity contribution in [3.63, 3.8) is 0 Å². The zero-order chi connectivity index (χ0) is 19.4. The molecule has 7 nitrogen and oxygen atoms in total. The highest BCUT2D eigenvalue weighted by atomic mass is 16.5. The standard InChI is InChI=1S/C20H19NO6/c1-2-5-16(19(23)24)21-18(22)11-26-12-8-9-14-13-6-3-4-7-15(13)20(25)27-17(14)10-12/h3-4,6-10,16H,2,5,11H2,1H3,(H,21,22)(H,23,24)/p-1/t16-/m1/s1. The largest absolute Gasteiger partial charge is 0.548 e. The molecule has 27 heavy (non-hydrogen) atoms. The number of hydrogen-bond donors (Lipinski definition) is 1. The summed E-state index contributed by atoms with van der Waals surface area (Å²) < 4.78 is 10.7. The average molecular weight is 368 g/mol. The Morgan fingerprint density at radius 2 is 1.89 bits per heavy atom. The molecule has 0 aliphatic heterocycles. The van der Waals surface area contributed by atoms with Crippen LogP contribution >= 0.6 is 0 Å². The number of carboxylic acid groups (broad SMARTS) is 1. The molecule has 0 spiro atoms. The van der Waals surface area contributed by atoms with E-state index in [1.54, 1.807) is 24.3 Å². The molecule has 0 radical (unpaired) electrons. The maximum atomic E-state index is 12.1. The van der Waals surface area contributed by atoms with Crippen LogP contribution in [0.15, 0.2) is 51.7 Å². The lowest BCUT2D eigenvalue weighted by Crippen LogP contribution is -2.49.